The number of carboxylic acids is 1. The van der Waals surface area contributed by atoms with Gasteiger partial charge in [-0.3, -0.25) is 9.59 Å². The zero-order valence-electron chi connectivity index (χ0n) is 10.1. The van der Waals surface area contributed by atoms with E-state index >= 15 is 0 Å². The molecule has 1 aliphatic rings. The van der Waals surface area contributed by atoms with Gasteiger partial charge in [0.1, 0.15) is 5.92 Å². The van der Waals surface area contributed by atoms with Crippen LogP contribution < -0.4 is 0 Å². The third-order valence-corrected chi connectivity index (χ3v) is 3.48. The van der Waals surface area contributed by atoms with Crippen LogP contribution in [0.25, 0.3) is 0 Å². The SMILES string of the molecule is CCC1CCCN(C(=O)C(C)C(=O)O)CC1. The molecule has 0 aromatic rings. The first-order valence-corrected chi connectivity index (χ1v) is 6.07. The molecule has 4 heteroatoms. The van der Waals surface area contributed by atoms with E-state index in [2.05, 4.69) is 6.92 Å². The molecule has 1 aliphatic heterocycles. The quantitative estimate of drug-likeness (QED) is 0.747. The maximum atomic E-state index is 11.8. The fourth-order valence-electron chi connectivity index (χ4n) is 2.17. The lowest BCUT2D eigenvalue weighted by atomic mass is 9.98. The minimum atomic E-state index is -1.03. The Kier molecular flexibility index (Phi) is 4.77. The largest absolute Gasteiger partial charge is 0.481 e. The van der Waals surface area contributed by atoms with Crippen molar-refractivity contribution in [3.63, 3.8) is 0 Å². The average Bonchev–Trinajstić information content (AvgIpc) is 2.51. The van der Waals surface area contributed by atoms with Gasteiger partial charge in [0.05, 0.1) is 0 Å². The number of aliphatic carboxylic acids is 1. The molecule has 2 atom stereocenters. The van der Waals surface area contributed by atoms with Crippen molar-refractivity contribution in [2.24, 2.45) is 11.8 Å². The molecule has 1 amide bonds. The van der Waals surface area contributed by atoms with E-state index in [4.69, 9.17) is 5.11 Å². The maximum Gasteiger partial charge on any atom is 0.315 e. The second kappa shape index (κ2) is 5.87. The summed E-state index contributed by atoms with van der Waals surface area (Å²) >= 11 is 0. The molecule has 0 aromatic carbocycles. The number of carboxylic acid groups (broad SMARTS) is 1. The molecule has 0 spiro atoms. The molecule has 0 aromatic heterocycles. The molecule has 16 heavy (non-hydrogen) atoms. The molecule has 1 fully saturated rings. The van der Waals surface area contributed by atoms with Gasteiger partial charge in [-0.05, 0) is 32.1 Å². The number of hydrogen-bond acceptors (Lipinski definition) is 2. The average molecular weight is 227 g/mol. The fourth-order valence-corrected chi connectivity index (χ4v) is 2.17. The number of hydrogen-bond donors (Lipinski definition) is 1. The summed E-state index contributed by atoms with van der Waals surface area (Å²) < 4.78 is 0. The van der Waals surface area contributed by atoms with E-state index in [1.807, 2.05) is 0 Å². The van der Waals surface area contributed by atoms with Crippen LogP contribution in [0.1, 0.15) is 39.5 Å². The van der Waals surface area contributed by atoms with Gasteiger partial charge in [0.15, 0.2) is 0 Å². The van der Waals surface area contributed by atoms with Gasteiger partial charge in [-0.2, -0.15) is 0 Å². The van der Waals surface area contributed by atoms with E-state index < -0.39 is 11.9 Å². The second-order valence-electron chi connectivity index (χ2n) is 4.59. The highest BCUT2D eigenvalue weighted by Gasteiger charge is 2.27. The second-order valence-corrected chi connectivity index (χ2v) is 4.59. The van der Waals surface area contributed by atoms with E-state index in [9.17, 15) is 9.59 Å². The zero-order valence-corrected chi connectivity index (χ0v) is 10.1. The first-order valence-electron chi connectivity index (χ1n) is 6.07. The molecule has 0 aliphatic carbocycles. The molecule has 2 unspecified atom stereocenters. The Morgan fingerprint density at radius 2 is 2.06 bits per heavy atom. The molecule has 92 valence electrons. The number of carbonyl (C=O) groups is 2. The lowest BCUT2D eigenvalue weighted by molar-refractivity contribution is -0.150. The van der Waals surface area contributed by atoms with Gasteiger partial charge in [0, 0.05) is 13.1 Å². The molecule has 1 heterocycles. The highest BCUT2D eigenvalue weighted by Crippen LogP contribution is 2.21. The standard InChI is InChI=1S/C12H21NO3/c1-3-10-5-4-7-13(8-6-10)11(14)9(2)12(15)16/h9-10H,3-8H2,1-2H3,(H,15,16). The maximum absolute atomic E-state index is 11.8. The van der Waals surface area contributed by atoms with Gasteiger partial charge in [0.2, 0.25) is 5.91 Å². The van der Waals surface area contributed by atoms with Crippen molar-refractivity contribution >= 4 is 11.9 Å². The molecule has 1 saturated heterocycles. The highest BCUT2D eigenvalue weighted by atomic mass is 16.4. The van der Waals surface area contributed by atoms with E-state index in [1.54, 1.807) is 4.90 Å². The van der Waals surface area contributed by atoms with Gasteiger partial charge in [-0.15, -0.1) is 0 Å². The molecule has 4 nitrogen and oxygen atoms in total. The van der Waals surface area contributed by atoms with E-state index in [1.165, 1.54) is 6.92 Å². The summed E-state index contributed by atoms with van der Waals surface area (Å²) in [7, 11) is 0. The van der Waals surface area contributed by atoms with Gasteiger partial charge < -0.3 is 10.0 Å². The van der Waals surface area contributed by atoms with E-state index in [0.29, 0.717) is 12.5 Å². The Labute approximate surface area is 96.6 Å². The van der Waals surface area contributed by atoms with Crippen LogP contribution in [0.15, 0.2) is 0 Å². The van der Waals surface area contributed by atoms with Crippen LogP contribution in [0.2, 0.25) is 0 Å². The highest BCUT2D eigenvalue weighted by molar-refractivity contribution is 5.96. The smallest absolute Gasteiger partial charge is 0.315 e. The minimum Gasteiger partial charge on any atom is -0.481 e. The molecular formula is C12H21NO3. The summed E-state index contributed by atoms with van der Waals surface area (Å²) in [4.78, 5) is 24.3. The van der Waals surface area contributed by atoms with Crippen molar-refractivity contribution in [3.05, 3.63) is 0 Å². The van der Waals surface area contributed by atoms with Crippen LogP contribution in [-0.4, -0.2) is 35.0 Å². The lowest BCUT2D eigenvalue weighted by Gasteiger charge is -2.22. The summed E-state index contributed by atoms with van der Waals surface area (Å²) in [6.07, 6.45) is 4.31. The lowest BCUT2D eigenvalue weighted by Crippen LogP contribution is -2.38. The topological polar surface area (TPSA) is 57.6 Å². The first kappa shape index (κ1) is 13.0. The molecule has 0 bridgehead atoms. The molecule has 0 saturated carbocycles. The molecular weight excluding hydrogens is 206 g/mol. The Hall–Kier alpha value is -1.06. The van der Waals surface area contributed by atoms with Crippen molar-refractivity contribution in [1.82, 2.24) is 4.90 Å². The van der Waals surface area contributed by atoms with Crippen LogP contribution in [0.3, 0.4) is 0 Å². The molecule has 1 rings (SSSR count). The summed E-state index contributed by atoms with van der Waals surface area (Å²) in [5.41, 5.74) is 0. The number of nitrogens with zero attached hydrogens (tertiary/aromatic N) is 1. The number of likely N-dealkylation sites (tertiary alicyclic amines) is 1. The number of carbonyl (C=O) groups excluding carboxylic acids is 1. The van der Waals surface area contributed by atoms with E-state index in [-0.39, 0.29) is 5.91 Å². The summed E-state index contributed by atoms with van der Waals surface area (Å²) in [5, 5.41) is 8.80. The summed E-state index contributed by atoms with van der Waals surface area (Å²) in [6, 6.07) is 0. The van der Waals surface area contributed by atoms with Gasteiger partial charge >= 0.3 is 5.97 Å². The monoisotopic (exact) mass is 227 g/mol. The van der Waals surface area contributed by atoms with Crippen LogP contribution >= 0.6 is 0 Å². The fraction of sp³-hybridized carbons (Fsp3) is 0.833. The van der Waals surface area contributed by atoms with Crippen molar-refractivity contribution < 1.29 is 14.7 Å². The van der Waals surface area contributed by atoms with E-state index in [0.717, 1.165) is 32.2 Å². The normalized spacial score (nSPS) is 23.6. The van der Waals surface area contributed by atoms with Crippen molar-refractivity contribution in [2.75, 3.05) is 13.1 Å². The van der Waals surface area contributed by atoms with Crippen LogP contribution in [0.4, 0.5) is 0 Å². The number of amides is 1. The van der Waals surface area contributed by atoms with Gasteiger partial charge in [-0.1, -0.05) is 13.3 Å². The molecule has 0 radical (unpaired) electrons. The Morgan fingerprint density at radius 1 is 1.38 bits per heavy atom. The summed E-state index contributed by atoms with van der Waals surface area (Å²) in [5.74, 6) is -1.47. The first-order chi connectivity index (χ1) is 7.56. The minimum absolute atomic E-state index is 0.232. The van der Waals surface area contributed by atoms with Gasteiger partial charge in [0.25, 0.3) is 0 Å². The third kappa shape index (κ3) is 3.22. The Balaban J connectivity index is 2.54. The predicted molar refractivity (Wildman–Crippen MR) is 61.0 cm³/mol. The third-order valence-electron chi connectivity index (χ3n) is 3.48. The van der Waals surface area contributed by atoms with Crippen LogP contribution in [-0.2, 0) is 9.59 Å². The van der Waals surface area contributed by atoms with Crippen molar-refractivity contribution in [1.29, 1.82) is 0 Å². The molecule has 1 N–H and O–H groups in total. The van der Waals surface area contributed by atoms with Gasteiger partial charge in [-0.25, -0.2) is 0 Å². The van der Waals surface area contributed by atoms with Crippen LogP contribution in [0.5, 0.6) is 0 Å². The Bertz CT molecular complexity index is 265. The zero-order chi connectivity index (χ0) is 12.1. The van der Waals surface area contributed by atoms with Crippen molar-refractivity contribution in [2.45, 2.75) is 39.5 Å². The summed E-state index contributed by atoms with van der Waals surface area (Å²) in [6.45, 7) is 5.07. The predicted octanol–water partition coefficient (Wildman–Crippen LogP) is 1.75. The van der Waals surface area contributed by atoms with Crippen LogP contribution in [0, 0.1) is 11.8 Å². The van der Waals surface area contributed by atoms with Crippen molar-refractivity contribution in [3.8, 4) is 0 Å². The number of rotatable bonds is 3. The Morgan fingerprint density at radius 3 is 2.62 bits per heavy atom.